The first-order valence-electron chi connectivity index (χ1n) is 5.37. The van der Waals surface area contributed by atoms with Crippen LogP contribution in [0.25, 0.3) is 0 Å². The second kappa shape index (κ2) is 5.14. The number of aryl methyl sites for hydroxylation is 2. The van der Waals surface area contributed by atoms with Crippen LogP contribution in [-0.4, -0.2) is 19.7 Å². The third-order valence-electron chi connectivity index (χ3n) is 2.09. The minimum absolute atomic E-state index is 0.391. The van der Waals surface area contributed by atoms with E-state index in [1.54, 1.807) is 23.1 Å². The van der Waals surface area contributed by atoms with E-state index in [1.165, 1.54) is 0 Å². The van der Waals surface area contributed by atoms with Crippen LogP contribution in [0, 0.1) is 0 Å². The Morgan fingerprint density at radius 2 is 2.24 bits per heavy atom. The molecule has 0 unspecified atom stereocenters. The van der Waals surface area contributed by atoms with E-state index in [1.807, 2.05) is 7.05 Å². The van der Waals surface area contributed by atoms with Crippen LogP contribution in [-0.2, 0) is 13.5 Å². The first-order valence-corrected chi connectivity index (χ1v) is 5.75. The summed E-state index contributed by atoms with van der Waals surface area (Å²) in [4.78, 5) is 8.40. The summed E-state index contributed by atoms with van der Waals surface area (Å²) in [5.74, 6) is 1.77. The molecule has 0 fully saturated rings. The van der Waals surface area contributed by atoms with Gasteiger partial charge in [0.05, 0.1) is 12.4 Å². The smallest absolute Gasteiger partial charge is 0.224 e. The van der Waals surface area contributed by atoms with Crippen LogP contribution in [0.5, 0.6) is 11.6 Å². The number of aromatic nitrogens is 4. The van der Waals surface area contributed by atoms with E-state index in [0.717, 1.165) is 12.8 Å². The summed E-state index contributed by atoms with van der Waals surface area (Å²) in [6.07, 6.45) is 5.13. The molecule has 0 aromatic carbocycles. The summed E-state index contributed by atoms with van der Waals surface area (Å²) in [6.45, 7) is 2.06. The Morgan fingerprint density at radius 3 is 2.88 bits per heavy atom. The number of hydrogen-bond acceptors (Lipinski definition) is 4. The monoisotopic (exact) mass is 252 g/mol. The zero-order chi connectivity index (χ0) is 12.3. The second-order valence-corrected chi connectivity index (χ2v) is 4.03. The number of nitrogens with zero attached hydrogens (tertiary/aromatic N) is 4. The van der Waals surface area contributed by atoms with Crippen molar-refractivity contribution in [2.75, 3.05) is 0 Å². The molecule has 0 saturated carbocycles. The summed E-state index contributed by atoms with van der Waals surface area (Å²) in [7, 11) is 1.82. The molecule has 0 amide bonds. The number of hydrogen-bond donors (Lipinski definition) is 0. The molecule has 0 aliphatic rings. The van der Waals surface area contributed by atoms with Crippen LogP contribution in [0.1, 0.15) is 19.2 Å². The van der Waals surface area contributed by atoms with Crippen LogP contribution in [0.15, 0.2) is 18.5 Å². The van der Waals surface area contributed by atoms with Gasteiger partial charge in [-0.2, -0.15) is 10.1 Å². The molecule has 0 aliphatic heterocycles. The number of rotatable bonds is 4. The van der Waals surface area contributed by atoms with E-state index in [-0.39, 0.29) is 0 Å². The Balaban J connectivity index is 2.20. The van der Waals surface area contributed by atoms with Gasteiger partial charge in [0.25, 0.3) is 0 Å². The van der Waals surface area contributed by atoms with E-state index in [4.69, 9.17) is 16.3 Å². The highest BCUT2D eigenvalue weighted by atomic mass is 35.5. The average molecular weight is 253 g/mol. The average Bonchev–Trinajstić information content (AvgIpc) is 2.63. The van der Waals surface area contributed by atoms with Gasteiger partial charge in [-0.3, -0.25) is 4.68 Å². The minimum atomic E-state index is 0.391. The summed E-state index contributed by atoms with van der Waals surface area (Å²) < 4.78 is 7.21. The maximum absolute atomic E-state index is 5.91. The van der Waals surface area contributed by atoms with Crippen molar-refractivity contribution in [3.8, 4) is 11.6 Å². The van der Waals surface area contributed by atoms with Crippen molar-refractivity contribution in [1.82, 2.24) is 19.7 Å². The molecule has 0 atom stereocenters. The van der Waals surface area contributed by atoms with E-state index in [2.05, 4.69) is 22.0 Å². The highest BCUT2D eigenvalue weighted by Gasteiger charge is 2.06. The topological polar surface area (TPSA) is 52.8 Å². The predicted molar refractivity (Wildman–Crippen MR) is 64.3 cm³/mol. The normalized spacial score (nSPS) is 10.5. The van der Waals surface area contributed by atoms with E-state index >= 15 is 0 Å². The van der Waals surface area contributed by atoms with Gasteiger partial charge in [0.15, 0.2) is 5.75 Å². The van der Waals surface area contributed by atoms with Gasteiger partial charge in [-0.05, 0) is 6.42 Å². The van der Waals surface area contributed by atoms with Gasteiger partial charge in [0, 0.05) is 19.5 Å². The lowest BCUT2D eigenvalue weighted by Crippen LogP contribution is -1.97. The van der Waals surface area contributed by atoms with Gasteiger partial charge in [-0.1, -0.05) is 18.5 Å². The molecule has 0 bridgehead atoms. The van der Waals surface area contributed by atoms with Gasteiger partial charge < -0.3 is 4.74 Å². The zero-order valence-corrected chi connectivity index (χ0v) is 10.5. The van der Waals surface area contributed by atoms with Crippen LogP contribution < -0.4 is 4.74 Å². The second-order valence-electron chi connectivity index (χ2n) is 3.65. The van der Waals surface area contributed by atoms with Crippen molar-refractivity contribution in [3.05, 3.63) is 29.4 Å². The molecule has 2 aromatic rings. The standard InChI is InChI=1S/C11H13ClN4O/c1-3-4-10-14-9(12)5-11(15-10)17-8-6-13-16(2)7-8/h5-7H,3-4H2,1-2H3. The fourth-order valence-corrected chi connectivity index (χ4v) is 1.59. The molecule has 0 saturated heterocycles. The maximum Gasteiger partial charge on any atom is 0.224 e. The van der Waals surface area contributed by atoms with Crippen LogP contribution in [0.2, 0.25) is 5.15 Å². The highest BCUT2D eigenvalue weighted by Crippen LogP contribution is 2.21. The molecule has 90 valence electrons. The lowest BCUT2D eigenvalue weighted by molar-refractivity contribution is 0.457. The Morgan fingerprint density at radius 1 is 1.41 bits per heavy atom. The number of ether oxygens (including phenoxy) is 1. The third kappa shape index (κ3) is 3.17. The van der Waals surface area contributed by atoms with Gasteiger partial charge >= 0.3 is 0 Å². The molecule has 2 rings (SSSR count). The molecule has 0 N–H and O–H groups in total. The van der Waals surface area contributed by atoms with Crippen molar-refractivity contribution < 1.29 is 4.74 Å². The molecule has 17 heavy (non-hydrogen) atoms. The Hall–Kier alpha value is -1.62. The predicted octanol–water partition coefficient (Wildman–Crippen LogP) is 2.61. The Bertz CT molecular complexity index is 512. The lowest BCUT2D eigenvalue weighted by atomic mass is 10.3. The Labute approximate surface area is 104 Å². The van der Waals surface area contributed by atoms with E-state index in [9.17, 15) is 0 Å². The van der Waals surface area contributed by atoms with Crippen molar-refractivity contribution in [1.29, 1.82) is 0 Å². The lowest BCUT2D eigenvalue weighted by Gasteiger charge is -2.04. The van der Waals surface area contributed by atoms with Crippen molar-refractivity contribution >= 4 is 11.6 Å². The van der Waals surface area contributed by atoms with Crippen LogP contribution >= 0.6 is 11.6 Å². The quantitative estimate of drug-likeness (QED) is 0.785. The Kier molecular flexibility index (Phi) is 3.58. The molecular weight excluding hydrogens is 240 g/mol. The minimum Gasteiger partial charge on any atom is -0.436 e. The van der Waals surface area contributed by atoms with Gasteiger partial charge in [0.1, 0.15) is 11.0 Å². The van der Waals surface area contributed by atoms with Crippen molar-refractivity contribution in [2.24, 2.45) is 7.05 Å². The fraction of sp³-hybridized carbons (Fsp3) is 0.364. The maximum atomic E-state index is 5.91. The SMILES string of the molecule is CCCc1nc(Cl)cc(Oc2cnn(C)c2)n1. The van der Waals surface area contributed by atoms with Crippen molar-refractivity contribution in [3.63, 3.8) is 0 Å². The molecule has 6 heteroatoms. The number of halogens is 1. The molecule has 5 nitrogen and oxygen atoms in total. The molecular formula is C11H13ClN4O. The molecule has 2 aromatic heterocycles. The van der Waals surface area contributed by atoms with Gasteiger partial charge in [-0.25, -0.2) is 4.98 Å². The molecule has 0 spiro atoms. The first kappa shape index (κ1) is 11.9. The summed E-state index contributed by atoms with van der Waals surface area (Å²) in [6, 6.07) is 1.59. The summed E-state index contributed by atoms with van der Waals surface area (Å²) in [5, 5.41) is 4.40. The highest BCUT2D eigenvalue weighted by molar-refractivity contribution is 6.29. The van der Waals surface area contributed by atoms with E-state index in [0.29, 0.717) is 22.6 Å². The molecule has 0 aliphatic carbocycles. The first-order chi connectivity index (χ1) is 8.17. The zero-order valence-electron chi connectivity index (χ0n) is 9.72. The third-order valence-corrected chi connectivity index (χ3v) is 2.29. The fourth-order valence-electron chi connectivity index (χ4n) is 1.40. The van der Waals surface area contributed by atoms with Crippen LogP contribution in [0.4, 0.5) is 0 Å². The van der Waals surface area contributed by atoms with Gasteiger partial charge in [0.2, 0.25) is 5.88 Å². The van der Waals surface area contributed by atoms with Crippen molar-refractivity contribution in [2.45, 2.75) is 19.8 Å². The molecule has 0 radical (unpaired) electrons. The molecule has 2 heterocycles. The summed E-state index contributed by atoms with van der Waals surface area (Å²) >= 11 is 5.91. The largest absolute Gasteiger partial charge is 0.436 e. The van der Waals surface area contributed by atoms with Crippen LogP contribution in [0.3, 0.4) is 0 Å². The van der Waals surface area contributed by atoms with E-state index < -0.39 is 0 Å². The summed E-state index contributed by atoms with van der Waals surface area (Å²) in [5.41, 5.74) is 0. The van der Waals surface area contributed by atoms with Gasteiger partial charge in [-0.15, -0.1) is 0 Å².